The van der Waals surface area contributed by atoms with Crippen LogP contribution in [0.25, 0.3) is 0 Å². The summed E-state index contributed by atoms with van der Waals surface area (Å²) in [6.07, 6.45) is 2.06. The Morgan fingerprint density at radius 3 is 2.30 bits per heavy atom. The predicted octanol–water partition coefficient (Wildman–Crippen LogP) is -0.533. The Morgan fingerprint density at radius 1 is 1.50 bits per heavy atom. The molecule has 0 spiro atoms. The molecule has 0 aromatic carbocycles. The third-order valence-corrected chi connectivity index (χ3v) is 2.44. The molecule has 5 heteroatoms. The van der Waals surface area contributed by atoms with E-state index in [0.29, 0.717) is 6.29 Å². The van der Waals surface area contributed by atoms with E-state index < -0.39 is 10.0 Å². The molecule has 0 aromatic heterocycles. The van der Waals surface area contributed by atoms with Crippen LogP contribution in [0.1, 0.15) is 6.42 Å². The summed E-state index contributed by atoms with van der Waals surface area (Å²) >= 11 is 0. The van der Waals surface area contributed by atoms with Crippen LogP contribution < -0.4 is 0 Å². The molecule has 0 rings (SSSR count). The van der Waals surface area contributed by atoms with E-state index in [1.165, 1.54) is 7.05 Å². The highest BCUT2D eigenvalue weighted by atomic mass is 32.2. The van der Waals surface area contributed by atoms with Gasteiger partial charge in [-0.15, -0.1) is 0 Å². The Balaban J connectivity index is 3.86. The fourth-order valence-corrected chi connectivity index (χ4v) is 0.837. The van der Waals surface area contributed by atoms with Crippen molar-refractivity contribution in [1.82, 2.24) is 4.31 Å². The van der Waals surface area contributed by atoms with E-state index >= 15 is 0 Å². The highest BCUT2D eigenvalue weighted by Crippen LogP contribution is 1.92. The molecule has 60 valence electrons. The van der Waals surface area contributed by atoms with Crippen LogP contribution in [-0.4, -0.2) is 38.9 Å². The first-order chi connectivity index (χ1) is 4.48. The Morgan fingerprint density at radius 2 is 2.00 bits per heavy atom. The number of aldehydes is 1. The van der Waals surface area contributed by atoms with Gasteiger partial charge in [-0.25, -0.2) is 12.7 Å². The van der Waals surface area contributed by atoms with Crippen LogP contribution in [0, 0.1) is 0 Å². The fourth-order valence-electron chi connectivity index (χ4n) is 0.400. The number of hydrogen-bond acceptors (Lipinski definition) is 3. The van der Waals surface area contributed by atoms with Gasteiger partial charge in [0.25, 0.3) is 0 Å². The van der Waals surface area contributed by atoms with Crippen LogP contribution in [0.3, 0.4) is 0 Å². The van der Waals surface area contributed by atoms with Crippen molar-refractivity contribution in [1.29, 1.82) is 0 Å². The molecule has 0 unspecified atom stereocenters. The SMILES string of the molecule is CN(CCC=O)S(C)(=O)=O. The minimum Gasteiger partial charge on any atom is -0.303 e. The quantitative estimate of drug-likeness (QED) is 0.526. The third kappa shape index (κ3) is 3.58. The van der Waals surface area contributed by atoms with Crippen LogP contribution >= 0.6 is 0 Å². The van der Waals surface area contributed by atoms with Crippen molar-refractivity contribution in [3.05, 3.63) is 0 Å². The second-order valence-corrected chi connectivity index (χ2v) is 4.13. The van der Waals surface area contributed by atoms with Gasteiger partial charge in [-0.05, 0) is 0 Å². The van der Waals surface area contributed by atoms with Gasteiger partial charge >= 0.3 is 0 Å². The van der Waals surface area contributed by atoms with E-state index in [2.05, 4.69) is 0 Å². The summed E-state index contributed by atoms with van der Waals surface area (Å²) in [5, 5.41) is 0. The zero-order valence-electron chi connectivity index (χ0n) is 6.07. The molecule has 0 bridgehead atoms. The summed E-state index contributed by atoms with van der Waals surface area (Å²) in [4.78, 5) is 9.81. The lowest BCUT2D eigenvalue weighted by atomic mass is 10.5. The summed E-state index contributed by atoms with van der Waals surface area (Å²) < 4.78 is 22.4. The van der Waals surface area contributed by atoms with Crippen molar-refractivity contribution in [3.63, 3.8) is 0 Å². The van der Waals surface area contributed by atoms with Crippen molar-refractivity contribution >= 4 is 16.3 Å². The molecule has 4 nitrogen and oxygen atoms in total. The molecule has 0 aliphatic carbocycles. The molecule has 0 saturated heterocycles. The van der Waals surface area contributed by atoms with Gasteiger partial charge in [0.1, 0.15) is 6.29 Å². The van der Waals surface area contributed by atoms with Gasteiger partial charge < -0.3 is 4.79 Å². The first-order valence-corrected chi connectivity index (χ1v) is 4.68. The molecule has 10 heavy (non-hydrogen) atoms. The Bertz CT molecular complexity index is 197. The lowest BCUT2D eigenvalue weighted by molar-refractivity contribution is -0.107. The van der Waals surface area contributed by atoms with E-state index in [0.717, 1.165) is 10.6 Å². The van der Waals surface area contributed by atoms with E-state index in [9.17, 15) is 13.2 Å². The van der Waals surface area contributed by atoms with Crippen LogP contribution in [0.5, 0.6) is 0 Å². The van der Waals surface area contributed by atoms with Crippen molar-refractivity contribution in [2.45, 2.75) is 6.42 Å². The highest BCUT2D eigenvalue weighted by Gasteiger charge is 2.08. The molecule has 0 saturated carbocycles. The van der Waals surface area contributed by atoms with Crippen LogP contribution in [0.4, 0.5) is 0 Å². The lowest BCUT2D eigenvalue weighted by Crippen LogP contribution is -2.26. The van der Waals surface area contributed by atoms with Gasteiger partial charge in [0.15, 0.2) is 0 Å². The standard InChI is InChI=1S/C5H11NO3S/c1-6(4-3-5-7)10(2,8)9/h5H,3-4H2,1-2H3. The maximum absolute atomic E-state index is 10.6. The summed E-state index contributed by atoms with van der Waals surface area (Å²) in [5.41, 5.74) is 0. The van der Waals surface area contributed by atoms with Gasteiger partial charge in [0, 0.05) is 20.0 Å². The van der Waals surface area contributed by atoms with Crippen LogP contribution in [0.15, 0.2) is 0 Å². The first kappa shape index (κ1) is 9.58. The maximum atomic E-state index is 10.6. The summed E-state index contributed by atoms with van der Waals surface area (Å²) in [6.45, 7) is 0.266. The monoisotopic (exact) mass is 165 g/mol. The number of hydrogen-bond donors (Lipinski definition) is 0. The van der Waals surface area contributed by atoms with Crippen molar-refractivity contribution < 1.29 is 13.2 Å². The second kappa shape index (κ2) is 3.68. The smallest absolute Gasteiger partial charge is 0.210 e. The van der Waals surface area contributed by atoms with Gasteiger partial charge in [0.05, 0.1) is 6.26 Å². The topological polar surface area (TPSA) is 54.5 Å². The molecule has 0 radical (unpaired) electrons. The van der Waals surface area contributed by atoms with Crippen LogP contribution in [-0.2, 0) is 14.8 Å². The minimum absolute atomic E-state index is 0.254. The van der Waals surface area contributed by atoms with Gasteiger partial charge in [-0.2, -0.15) is 0 Å². The molecule has 0 aliphatic rings. The number of carbonyl (C=O) groups is 1. The zero-order chi connectivity index (χ0) is 8.20. The molecule has 0 N–H and O–H groups in total. The second-order valence-electron chi connectivity index (χ2n) is 2.04. The summed E-state index contributed by atoms with van der Waals surface area (Å²) in [5.74, 6) is 0. The molecular formula is C5H11NO3S. The average molecular weight is 165 g/mol. The fraction of sp³-hybridized carbons (Fsp3) is 0.800. The van der Waals surface area contributed by atoms with Gasteiger partial charge in [-0.1, -0.05) is 0 Å². The Labute approximate surface area is 60.9 Å². The largest absolute Gasteiger partial charge is 0.303 e. The number of nitrogens with zero attached hydrogens (tertiary/aromatic N) is 1. The molecule has 0 amide bonds. The molecule has 0 aromatic rings. The highest BCUT2D eigenvalue weighted by molar-refractivity contribution is 7.88. The lowest BCUT2D eigenvalue weighted by Gasteiger charge is -2.10. The van der Waals surface area contributed by atoms with E-state index in [1.54, 1.807) is 0 Å². The van der Waals surface area contributed by atoms with Crippen molar-refractivity contribution in [3.8, 4) is 0 Å². The van der Waals surface area contributed by atoms with E-state index in [1.807, 2.05) is 0 Å². The van der Waals surface area contributed by atoms with Gasteiger partial charge in [0.2, 0.25) is 10.0 Å². The Hall–Kier alpha value is -0.420. The number of carbonyl (C=O) groups excluding carboxylic acids is 1. The third-order valence-electron chi connectivity index (χ3n) is 1.13. The molecule has 0 atom stereocenters. The van der Waals surface area contributed by atoms with Gasteiger partial charge in [-0.3, -0.25) is 0 Å². The first-order valence-electron chi connectivity index (χ1n) is 2.83. The number of rotatable bonds is 4. The van der Waals surface area contributed by atoms with Crippen LogP contribution in [0.2, 0.25) is 0 Å². The summed E-state index contributed by atoms with van der Waals surface area (Å²) in [6, 6.07) is 0. The predicted molar refractivity (Wildman–Crippen MR) is 38.2 cm³/mol. The van der Waals surface area contributed by atoms with Crippen molar-refractivity contribution in [2.75, 3.05) is 19.8 Å². The molecular weight excluding hydrogens is 154 g/mol. The molecule has 0 heterocycles. The summed E-state index contributed by atoms with van der Waals surface area (Å²) in [7, 11) is -1.66. The average Bonchev–Trinajstić information content (AvgIpc) is 1.80. The maximum Gasteiger partial charge on any atom is 0.210 e. The Kier molecular flexibility index (Phi) is 3.52. The normalized spacial score (nSPS) is 11.9. The minimum atomic E-state index is -3.10. The molecule has 0 aliphatic heterocycles. The number of sulfonamides is 1. The van der Waals surface area contributed by atoms with E-state index in [-0.39, 0.29) is 13.0 Å². The molecule has 0 fully saturated rings. The van der Waals surface area contributed by atoms with E-state index in [4.69, 9.17) is 0 Å². The van der Waals surface area contributed by atoms with Crippen molar-refractivity contribution in [2.24, 2.45) is 0 Å². The zero-order valence-corrected chi connectivity index (χ0v) is 6.89.